The molecular weight excluding hydrogens is 456 g/mol. The first-order chi connectivity index (χ1) is 17.5. The fraction of sp³-hybridized carbons (Fsp3) is 0.0357. The molecular formula is C28H22N4O4. The Morgan fingerprint density at radius 1 is 0.944 bits per heavy atom. The Morgan fingerprint density at radius 2 is 1.67 bits per heavy atom. The standard InChI is InChI=1S/C28H22N4O4/c1-35-22-9-5-6-19(16-22)26-23(14-15-24(33)34)25(27-28(29)30-17-31-32(26)27)18-10-12-21(13-11-18)36-20-7-3-2-4-8-20/h2-17H,1H3,(H,33,34)(H2,29,30,31)/b15-14+. The molecule has 8 nitrogen and oxygen atoms in total. The number of methoxy groups -OCH3 is 1. The van der Waals surface area contributed by atoms with Crippen LogP contribution in [0, 0.1) is 0 Å². The van der Waals surface area contributed by atoms with Gasteiger partial charge in [-0.2, -0.15) is 5.10 Å². The summed E-state index contributed by atoms with van der Waals surface area (Å²) in [6.45, 7) is 0. The molecule has 5 aromatic rings. The molecule has 2 aromatic heterocycles. The van der Waals surface area contributed by atoms with Crippen LogP contribution >= 0.6 is 0 Å². The lowest BCUT2D eigenvalue weighted by Gasteiger charge is -2.08. The van der Waals surface area contributed by atoms with Gasteiger partial charge >= 0.3 is 5.97 Å². The number of carboxylic acids is 1. The van der Waals surface area contributed by atoms with Crippen molar-refractivity contribution in [1.82, 2.24) is 14.6 Å². The summed E-state index contributed by atoms with van der Waals surface area (Å²) >= 11 is 0. The fourth-order valence-corrected chi connectivity index (χ4v) is 4.10. The van der Waals surface area contributed by atoms with Crippen LogP contribution in [0.3, 0.4) is 0 Å². The maximum Gasteiger partial charge on any atom is 0.328 e. The number of nitrogens with two attached hydrogens (primary N) is 1. The molecule has 0 amide bonds. The van der Waals surface area contributed by atoms with E-state index in [4.69, 9.17) is 15.2 Å². The molecule has 0 aliphatic heterocycles. The molecule has 3 N–H and O–H groups in total. The summed E-state index contributed by atoms with van der Waals surface area (Å²) in [5.41, 5.74) is 10.5. The molecule has 178 valence electrons. The number of carbonyl (C=O) groups is 1. The highest BCUT2D eigenvalue weighted by molar-refractivity contribution is 6.01. The summed E-state index contributed by atoms with van der Waals surface area (Å²) in [7, 11) is 1.59. The summed E-state index contributed by atoms with van der Waals surface area (Å²) < 4.78 is 13.0. The van der Waals surface area contributed by atoms with E-state index in [1.165, 1.54) is 6.33 Å². The number of ether oxygens (including phenoxy) is 2. The highest BCUT2D eigenvalue weighted by Gasteiger charge is 2.23. The van der Waals surface area contributed by atoms with Gasteiger partial charge < -0.3 is 20.3 Å². The molecule has 0 saturated carbocycles. The quantitative estimate of drug-likeness (QED) is 0.295. The van der Waals surface area contributed by atoms with Crippen molar-refractivity contribution in [3.8, 4) is 39.6 Å². The first-order valence-electron chi connectivity index (χ1n) is 11.1. The third kappa shape index (κ3) is 4.35. The van der Waals surface area contributed by atoms with Gasteiger partial charge in [0.25, 0.3) is 0 Å². The lowest BCUT2D eigenvalue weighted by molar-refractivity contribution is -0.131. The van der Waals surface area contributed by atoms with Crippen LogP contribution in [0.1, 0.15) is 5.56 Å². The van der Waals surface area contributed by atoms with Crippen LogP contribution in [0.25, 0.3) is 34.0 Å². The number of benzene rings is 3. The van der Waals surface area contributed by atoms with E-state index in [-0.39, 0.29) is 5.82 Å². The van der Waals surface area contributed by atoms with Crippen molar-refractivity contribution >= 4 is 23.4 Å². The number of aromatic nitrogens is 3. The Labute approximate surface area is 206 Å². The Bertz CT molecular complexity index is 1580. The van der Waals surface area contributed by atoms with Gasteiger partial charge in [-0.1, -0.05) is 42.5 Å². The number of fused-ring (bicyclic) bond motifs is 1. The zero-order valence-corrected chi connectivity index (χ0v) is 19.3. The molecule has 0 aliphatic rings. The Hall–Kier alpha value is -5.11. The maximum absolute atomic E-state index is 11.5. The summed E-state index contributed by atoms with van der Waals surface area (Å²) in [6, 6.07) is 24.4. The molecule has 0 atom stereocenters. The van der Waals surface area contributed by atoms with Crippen LogP contribution in [-0.4, -0.2) is 32.8 Å². The number of para-hydroxylation sites is 1. The van der Waals surface area contributed by atoms with Gasteiger partial charge in [-0.15, -0.1) is 0 Å². The molecule has 36 heavy (non-hydrogen) atoms. The van der Waals surface area contributed by atoms with Crippen molar-refractivity contribution in [3.05, 3.63) is 96.8 Å². The second-order valence-electron chi connectivity index (χ2n) is 7.89. The highest BCUT2D eigenvalue weighted by Crippen LogP contribution is 2.41. The van der Waals surface area contributed by atoms with Crippen molar-refractivity contribution in [2.24, 2.45) is 0 Å². The van der Waals surface area contributed by atoms with E-state index in [2.05, 4.69) is 10.1 Å². The van der Waals surface area contributed by atoms with Gasteiger partial charge in [0, 0.05) is 22.8 Å². The number of hydrogen-bond donors (Lipinski definition) is 2. The number of rotatable bonds is 7. The van der Waals surface area contributed by atoms with Crippen molar-refractivity contribution in [2.45, 2.75) is 0 Å². The number of hydrogen-bond acceptors (Lipinski definition) is 6. The van der Waals surface area contributed by atoms with Crippen LogP contribution in [0.4, 0.5) is 5.82 Å². The molecule has 0 aliphatic carbocycles. The lowest BCUT2D eigenvalue weighted by atomic mass is 9.98. The van der Waals surface area contributed by atoms with E-state index in [0.29, 0.717) is 33.8 Å². The van der Waals surface area contributed by atoms with E-state index in [1.54, 1.807) is 17.7 Å². The number of anilines is 1. The Balaban J connectivity index is 1.73. The second-order valence-corrected chi connectivity index (χ2v) is 7.89. The van der Waals surface area contributed by atoms with E-state index >= 15 is 0 Å². The molecule has 0 saturated heterocycles. The minimum atomic E-state index is -1.07. The molecule has 0 unspecified atom stereocenters. The summed E-state index contributed by atoms with van der Waals surface area (Å²) in [5, 5.41) is 13.9. The van der Waals surface area contributed by atoms with E-state index < -0.39 is 5.97 Å². The third-order valence-corrected chi connectivity index (χ3v) is 5.65. The van der Waals surface area contributed by atoms with Gasteiger partial charge in [-0.25, -0.2) is 14.3 Å². The molecule has 0 bridgehead atoms. The molecule has 0 spiro atoms. The van der Waals surface area contributed by atoms with Gasteiger partial charge in [0.15, 0.2) is 5.82 Å². The summed E-state index contributed by atoms with van der Waals surface area (Å²) in [4.78, 5) is 15.7. The summed E-state index contributed by atoms with van der Waals surface area (Å²) in [6.07, 6.45) is 4.02. The number of carboxylic acid groups (broad SMARTS) is 1. The van der Waals surface area contributed by atoms with E-state index in [0.717, 1.165) is 23.0 Å². The zero-order chi connectivity index (χ0) is 25.1. The number of nitrogens with zero attached hydrogens (tertiary/aromatic N) is 3. The zero-order valence-electron chi connectivity index (χ0n) is 19.3. The van der Waals surface area contributed by atoms with Gasteiger partial charge in [0.05, 0.1) is 12.8 Å². The first kappa shape index (κ1) is 22.7. The molecule has 2 heterocycles. The minimum absolute atomic E-state index is 0.267. The predicted molar refractivity (Wildman–Crippen MR) is 138 cm³/mol. The fourth-order valence-electron chi connectivity index (χ4n) is 4.10. The van der Waals surface area contributed by atoms with Crippen LogP contribution in [0.15, 0.2) is 91.3 Å². The van der Waals surface area contributed by atoms with Crippen molar-refractivity contribution in [3.63, 3.8) is 0 Å². The van der Waals surface area contributed by atoms with Crippen LogP contribution in [0.2, 0.25) is 0 Å². The average molecular weight is 479 g/mol. The number of aliphatic carboxylic acids is 1. The third-order valence-electron chi connectivity index (χ3n) is 5.65. The summed E-state index contributed by atoms with van der Waals surface area (Å²) in [5.74, 6) is 1.24. The van der Waals surface area contributed by atoms with Crippen LogP contribution in [0.5, 0.6) is 17.2 Å². The van der Waals surface area contributed by atoms with Gasteiger partial charge in [0.2, 0.25) is 0 Å². The second kappa shape index (κ2) is 9.63. The maximum atomic E-state index is 11.5. The average Bonchev–Trinajstić information content (AvgIpc) is 3.24. The van der Waals surface area contributed by atoms with Gasteiger partial charge in [-0.05, 0) is 48.0 Å². The predicted octanol–water partition coefficient (Wildman–Crippen LogP) is 5.54. The molecule has 3 aromatic carbocycles. The van der Waals surface area contributed by atoms with E-state index in [9.17, 15) is 9.90 Å². The molecule has 0 radical (unpaired) electrons. The first-order valence-corrected chi connectivity index (χ1v) is 11.1. The number of nitrogen functional groups attached to an aromatic ring is 1. The van der Waals surface area contributed by atoms with Crippen LogP contribution in [-0.2, 0) is 4.79 Å². The monoisotopic (exact) mass is 478 g/mol. The molecule has 8 heteroatoms. The highest BCUT2D eigenvalue weighted by atomic mass is 16.5. The van der Waals surface area contributed by atoms with Crippen molar-refractivity contribution in [1.29, 1.82) is 0 Å². The SMILES string of the molecule is COc1cccc(-c2c(/C=C/C(=O)O)c(-c3ccc(Oc4ccccc4)cc3)c3c(N)ncnn23)c1. The topological polar surface area (TPSA) is 112 Å². The van der Waals surface area contributed by atoms with Crippen molar-refractivity contribution in [2.75, 3.05) is 12.8 Å². The largest absolute Gasteiger partial charge is 0.497 e. The Morgan fingerprint density at radius 3 is 2.39 bits per heavy atom. The lowest BCUT2D eigenvalue weighted by Crippen LogP contribution is -2.00. The Kier molecular flexibility index (Phi) is 6.07. The smallest absolute Gasteiger partial charge is 0.328 e. The molecule has 5 rings (SSSR count). The molecule has 0 fully saturated rings. The van der Waals surface area contributed by atoms with Gasteiger partial charge in [0.1, 0.15) is 29.1 Å². The van der Waals surface area contributed by atoms with Crippen molar-refractivity contribution < 1.29 is 19.4 Å². The van der Waals surface area contributed by atoms with Gasteiger partial charge in [-0.3, -0.25) is 0 Å². The minimum Gasteiger partial charge on any atom is -0.497 e. The van der Waals surface area contributed by atoms with Crippen LogP contribution < -0.4 is 15.2 Å². The normalized spacial score (nSPS) is 11.1. The van der Waals surface area contributed by atoms with E-state index in [1.807, 2.05) is 78.9 Å².